The Labute approximate surface area is 158 Å². The van der Waals surface area contributed by atoms with Gasteiger partial charge in [0.25, 0.3) is 0 Å². The lowest BCUT2D eigenvalue weighted by Crippen LogP contribution is -2.20. The van der Waals surface area contributed by atoms with Gasteiger partial charge in [0.2, 0.25) is 0 Å². The number of rotatable bonds is 3. The molecule has 1 heterocycles. The maximum atomic E-state index is 12.3. The molecule has 0 radical (unpaired) electrons. The molecule has 25 heavy (non-hydrogen) atoms. The number of aryl methyl sites for hydroxylation is 1. The van der Waals surface area contributed by atoms with E-state index in [9.17, 15) is 4.79 Å². The number of aromatic nitrogens is 1. The number of urea groups is 1. The summed E-state index contributed by atoms with van der Waals surface area (Å²) in [4.78, 5) is 12.3. The van der Waals surface area contributed by atoms with Crippen molar-refractivity contribution in [3.05, 3.63) is 63.3 Å². The van der Waals surface area contributed by atoms with Gasteiger partial charge in [0.1, 0.15) is 11.4 Å². The van der Waals surface area contributed by atoms with Crippen LogP contribution in [0.2, 0.25) is 15.1 Å². The first-order valence-electron chi connectivity index (χ1n) is 7.20. The normalized spacial score (nSPS) is 10.6. The minimum atomic E-state index is -0.510. The molecule has 128 valence electrons. The SMILES string of the molecule is Cc1onc(-c2ccccc2Cl)c1NC(=O)Nc1cccc(Cl)c1Cl. The Morgan fingerprint density at radius 2 is 1.72 bits per heavy atom. The van der Waals surface area contributed by atoms with Gasteiger partial charge in [-0.1, -0.05) is 64.2 Å². The monoisotopic (exact) mass is 395 g/mol. The molecule has 5 nitrogen and oxygen atoms in total. The summed E-state index contributed by atoms with van der Waals surface area (Å²) in [5.74, 6) is 0.447. The predicted molar refractivity (Wildman–Crippen MR) is 101 cm³/mol. The van der Waals surface area contributed by atoms with Crippen molar-refractivity contribution in [1.82, 2.24) is 5.16 Å². The van der Waals surface area contributed by atoms with Crippen LogP contribution in [0.4, 0.5) is 16.2 Å². The first-order valence-corrected chi connectivity index (χ1v) is 8.34. The van der Waals surface area contributed by atoms with E-state index in [0.29, 0.717) is 38.4 Å². The number of anilines is 2. The molecule has 0 unspecified atom stereocenters. The summed E-state index contributed by atoms with van der Waals surface area (Å²) in [6.07, 6.45) is 0. The molecule has 1 aromatic heterocycles. The van der Waals surface area contributed by atoms with Crippen molar-refractivity contribution in [2.24, 2.45) is 0 Å². The standard InChI is InChI=1S/C17H12Cl3N3O2/c1-9-15(16(23-25-9)10-5-2-3-6-11(10)18)22-17(24)21-13-8-4-7-12(19)14(13)20/h2-8H,1H3,(H2,21,22,24). The minimum absolute atomic E-state index is 0.257. The molecule has 0 fully saturated rings. The fourth-order valence-electron chi connectivity index (χ4n) is 2.22. The molecule has 0 aliphatic heterocycles. The summed E-state index contributed by atoms with van der Waals surface area (Å²) in [6.45, 7) is 1.69. The van der Waals surface area contributed by atoms with Crippen molar-refractivity contribution in [3.8, 4) is 11.3 Å². The lowest BCUT2D eigenvalue weighted by atomic mass is 10.1. The van der Waals surface area contributed by atoms with Gasteiger partial charge >= 0.3 is 6.03 Å². The van der Waals surface area contributed by atoms with Crippen LogP contribution in [0, 0.1) is 6.92 Å². The van der Waals surface area contributed by atoms with Crippen molar-refractivity contribution < 1.29 is 9.32 Å². The summed E-state index contributed by atoms with van der Waals surface area (Å²) < 4.78 is 5.20. The predicted octanol–water partition coefficient (Wildman–Crippen LogP) is 6.25. The van der Waals surface area contributed by atoms with Crippen LogP contribution >= 0.6 is 34.8 Å². The summed E-state index contributed by atoms with van der Waals surface area (Å²) in [5.41, 5.74) is 1.90. The van der Waals surface area contributed by atoms with Crippen molar-refractivity contribution in [2.45, 2.75) is 6.92 Å². The topological polar surface area (TPSA) is 67.2 Å². The highest BCUT2D eigenvalue weighted by molar-refractivity contribution is 6.44. The number of amides is 2. The molecule has 3 rings (SSSR count). The number of carbonyl (C=O) groups excluding carboxylic acids is 1. The molecule has 0 bridgehead atoms. The smallest absolute Gasteiger partial charge is 0.323 e. The van der Waals surface area contributed by atoms with E-state index >= 15 is 0 Å². The maximum absolute atomic E-state index is 12.3. The Hall–Kier alpha value is -2.21. The number of nitrogens with zero attached hydrogens (tertiary/aromatic N) is 1. The zero-order valence-electron chi connectivity index (χ0n) is 12.9. The van der Waals surface area contributed by atoms with E-state index in [1.54, 1.807) is 43.3 Å². The van der Waals surface area contributed by atoms with Gasteiger partial charge < -0.3 is 15.2 Å². The second kappa shape index (κ2) is 7.35. The van der Waals surface area contributed by atoms with E-state index in [4.69, 9.17) is 39.3 Å². The summed E-state index contributed by atoms with van der Waals surface area (Å²) in [5, 5.41) is 10.4. The van der Waals surface area contributed by atoms with Gasteiger partial charge in [0.15, 0.2) is 5.76 Å². The number of nitrogens with one attached hydrogen (secondary N) is 2. The van der Waals surface area contributed by atoms with Gasteiger partial charge in [-0.3, -0.25) is 0 Å². The van der Waals surface area contributed by atoms with Crippen molar-refractivity contribution >= 4 is 52.2 Å². The van der Waals surface area contributed by atoms with E-state index in [1.807, 2.05) is 6.07 Å². The molecule has 0 atom stereocenters. The molecule has 8 heteroatoms. The maximum Gasteiger partial charge on any atom is 0.323 e. The van der Waals surface area contributed by atoms with E-state index < -0.39 is 6.03 Å². The number of benzene rings is 2. The second-order valence-corrected chi connectivity index (χ2v) is 6.32. The van der Waals surface area contributed by atoms with Crippen LogP contribution in [-0.4, -0.2) is 11.2 Å². The molecule has 2 amide bonds. The third-order valence-corrected chi connectivity index (χ3v) is 4.58. The highest BCUT2D eigenvalue weighted by atomic mass is 35.5. The van der Waals surface area contributed by atoms with Gasteiger partial charge in [0, 0.05) is 5.56 Å². The minimum Gasteiger partial charge on any atom is -0.359 e. The first kappa shape index (κ1) is 17.6. The van der Waals surface area contributed by atoms with Crippen LogP contribution in [-0.2, 0) is 0 Å². The molecular weight excluding hydrogens is 385 g/mol. The molecule has 3 aromatic rings. The largest absolute Gasteiger partial charge is 0.359 e. The number of hydrogen-bond donors (Lipinski definition) is 2. The Bertz CT molecular complexity index is 941. The third kappa shape index (κ3) is 3.74. The van der Waals surface area contributed by atoms with Crippen molar-refractivity contribution in [2.75, 3.05) is 10.6 Å². The van der Waals surface area contributed by atoms with E-state index in [0.717, 1.165) is 0 Å². The fourth-order valence-corrected chi connectivity index (χ4v) is 2.80. The number of carbonyl (C=O) groups is 1. The van der Waals surface area contributed by atoms with E-state index in [-0.39, 0.29) is 5.02 Å². The zero-order valence-corrected chi connectivity index (χ0v) is 15.2. The molecule has 0 aliphatic carbocycles. The molecular formula is C17H12Cl3N3O2. The Kier molecular flexibility index (Phi) is 5.18. The van der Waals surface area contributed by atoms with Crippen molar-refractivity contribution in [1.29, 1.82) is 0 Å². The van der Waals surface area contributed by atoms with Crippen LogP contribution < -0.4 is 10.6 Å². The summed E-state index contributed by atoms with van der Waals surface area (Å²) >= 11 is 18.2. The van der Waals surface area contributed by atoms with E-state index in [1.165, 1.54) is 0 Å². The second-order valence-electron chi connectivity index (χ2n) is 5.12. The highest BCUT2D eigenvalue weighted by Crippen LogP contribution is 2.35. The first-order chi connectivity index (χ1) is 12.0. The molecule has 0 aliphatic rings. The van der Waals surface area contributed by atoms with Gasteiger partial charge in [0.05, 0.1) is 20.8 Å². The molecule has 0 saturated heterocycles. The van der Waals surface area contributed by atoms with Crippen LogP contribution in [0.15, 0.2) is 47.0 Å². The lowest BCUT2D eigenvalue weighted by Gasteiger charge is -2.10. The quantitative estimate of drug-likeness (QED) is 0.549. The summed E-state index contributed by atoms with van der Waals surface area (Å²) in [6, 6.07) is 11.6. The van der Waals surface area contributed by atoms with E-state index in [2.05, 4.69) is 15.8 Å². The average Bonchev–Trinajstić information content (AvgIpc) is 2.93. The van der Waals surface area contributed by atoms with Crippen LogP contribution in [0.5, 0.6) is 0 Å². The molecule has 0 spiro atoms. The van der Waals surface area contributed by atoms with Crippen LogP contribution in [0.25, 0.3) is 11.3 Å². The van der Waals surface area contributed by atoms with Gasteiger partial charge in [-0.15, -0.1) is 0 Å². The molecule has 2 N–H and O–H groups in total. The summed E-state index contributed by atoms with van der Waals surface area (Å²) in [7, 11) is 0. The van der Waals surface area contributed by atoms with Gasteiger partial charge in [-0.25, -0.2) is 4.79 Å². The Morgan fingerprint density at radius 1 is 1.00 bits per heavy atom. The zero-order chi connectivity index (χ0) is 18.0. The lowest BCUT2D eigenvalue weighted by molar-refractivity contribution is 0.262. The van der Waals surface area contributed by atoms with Crippen LogP contribution in [0.3, 0.4) is 0 Å². The Morgan fingerprint density at radius 3 is 2.48 bits per heavy atom. The van der Waals surface area contributed by atoms with Gasteiger partial charge in [-0.2, -0.15) is 0 Å². The number of hydrogen-bond acceptors (Lipinski definition) is 3. The fraction of sp³-hybridized carbons (Fsp3) is 0.0588. The van der Waals surface area contributed by atoms with Gasteiger partial charge in [-0.05, 0) is 25.1 Å². The molecule has 2 aromatic carbocycles. The number of halogens is 3. The van der Waals surface area contributed by atoms with Crippen molar-refractivity contribution in [3.63, 3.8) is 0 Å². The van der Waals surface area contributed by atoms with Crippen LogP contribution in [0.1, 0.15) is 5.76 Å². The third-order valence-electron chi connectivity index (χ3n) is 3.43. The average molecular weight is 397 g/mol. The molecule has 0 saturated carbocycles. The Balaban J connectivity index is 1.86. The highest BCUT2D eigenvalue weighted by Gasteiger charge is 2.19.